The number of aromatic nitrogens is 2. The van der Waals surface area contributed by atoms with Crippen molar-refractivity contribution in [2.75, 3.05) is 7.11 Å². The summed E-state index contributed by atoms with van der Waals surface area (Å²) in [5, 5.41) is 12.8. The fraction of sp³-hybridized carbons (Fsp3) is 0.0714. The highest BCUT2D eigenvalue weighted by Gasteiger charge is 2.11. The Morgan fingerprint density at radius 1 is 1.40 bits per heavy atom. The molecule has 0 amide bonds. The maximum absolute atomic E-state index is 12.1. The Bertz CT molecular complexity index is 884. The second kappa shape index (κ2) is 4.65. The highest BCUT2D eigenvalue weighted by Crippen LogP contribution is 2.29. The predicted molar refractivity (Wildman–Crippen MR) is 75.8 cm³/mol. The number of hydrogen-bond donors (Lipinski definition) is 2. The van der Waals surface area contributed by atoms with Gasteiger partial charge >= 0.3 is 0 Å². The summed E-state index contributed by atoms with van der Waals surface area (Å²) in [5.41, 5.74) is 1.43. The molecule has 2 N–H and O–H groups in total. The summed E-state index contributed by atoms with van der Waals surface area (Å²) in [6, 6.07) is 6.70. The number of rotatable bonds is 2. The molecule has 0 saturated carbocycles. The van der Waals surface area contributed by atoms with Crippen LogP contribution in [0, 0.1) is 0 Å². The predicted octanol–water partition coefficient (Wildman–Crippen LogP) is 1.89. The van der Waals surface area contributed by atoms with Gasteiger partial charge in [0.1, 0.15) is 5.75 Å². The molecule has 0 unspecified atom stereocenters. The molecule has 0 atom stereocenters. The number of nitrogens with zero attached hydrogens (tertiary/aromatic N) is 2. The van der Waals surface area contributed by atoms with Crippen molar-refractivity contribution in [3.05, 3.63) is 46.4 Å². The summed E-state index contributed by atoms with van der Waals surface area (Å²) >= 11 is 0. The molecule has 0 saturated heterocycles. The minimum atomic E-state index is -0.195. The first-order valence-corrected chi connectivity index (χ1v) is 5.91. The van der Waals surface area contributed by atoms with Gasteiger partial charge in [0, 0.05) is 17.6 Å². The summed E-state index contributed by atoms with van der Waals surface area (Å²) in [7, 11) is 1.55. The fourth-order valence-corrected chi connectivity index (χ4v) is 2.23. The molecule has 0 spiro atoms. The van der Waals surface area contributed by atoms with E-state index in [9.17, 15) is 4.79 Å². The van der Waals surface area contributed by atoms with Crippen molar-refractivity contribution in [3.63, 3.8) is 0 Å². The lowest BCUT2D eigenvalue weighted by Gasteiger charge is -2.08. The minimum Gasteiger partial charge on any atom is -0.496 e. The molecular formula is C14H11N3O3. The van der Waals surface area contributed by atoms with E-state index < -0.39 is 0 Å². The first-order valence-electron chi connectivity index (χ1n) is 5.91. The van der Waals surface area contributed by atoms with Crippen LogP contribution >= 0.6 is 0 Å². The van der Waals surface area contributed by atoms with E-state index in [1.807, 2.05) is 6.07 Å². The van der Waals surface area contributed by atoms with Crippen LogP contribution in [0.15, 0.2) is 40.4 Å². The zero-order valence-electron chi connectivity index (χ0n) is 10.6. The number of ether oxygens (including phenoxy) is 1. The number of hydrogen-bond acceptors (Lipinski definition) is 5. The molecule has 6 nitrogen and oxygen atoms in total. The lowest BCUT2D eigenvalue weighted by atomic mass is 10.1. The van der Waals surface area contributed by atoms with Crippen LogP contribution in [0.25, 0.3) is 21.8 Å². The number of H-pyrrole nitrogens is 1. The lowest BCUT2D eigenvalue weighted by Crippen LogP contribution is -2.06. The van der Waals surface area contributed by atoms with Gasteiger partial charge in [0.2, 0.25) is 0 Å². The van der Waals surface area contributed by atoms with Gasteiger partial charge in [-0.2, -0.15) is 0 Å². The van der Waals surface area contributed by atoms with Crippen molar-refractivity contribution >= 4 is 28.0 Å². The van der Waals surface area contributed by atoms with E-state index in [4.69, 9.17) is 9.94 Å². The molecular weight excluding hydrogens is 258 g/mol. The Morgan fingerprint density at radius 3 is 3.00 bits per heavy atom. The van der Waals surface area contributed by atoms with Crippen LogP contribution in [0.1, 0.15) is 5.69 Å². The van der Waals surface area contributed by atoms with Gasteiger partial charge in [0.15, 0.2) is 5.43 Å². The molecule has 0 radical (unpaired) electrons. The van der Waals surface area contributed by atoms with E-state index in [0.29, 0.717) is 27.9 Å². The third-order valence-corrected chi connectivity index (χ3v) is 3.09. The second-order valence-corrected chi connectivity index (χ2v) is 4.23. The third kappa shape index (κ3) is 1.78. The summed E-state index contributed by atoms with van der Waals surface area (Å²) in [5.74, 6) is 0.592. The van der Waals surface area contributed by atoms with Crippen molar-refractivity contribution in [1.29, 1.82) is 0 Å². The number of aromatic amines is 1. The Labute approximate surface area is 113 Å². The highest BCUT2D eigenvalue weighted by atomic mass is 16.5. The van der Waals surface area contributed by atoms with Gasteiger partial charge in [-0.15, -0.1) is 0 Å². The first kappa shape index (κ1) is 12.2. The number of fused-ring (bicyclic) bond motifs is 3. The van der Waals surface area contributed by atoms with Crippen molar-refractivity contribution in [1.82, 2.24) is 9.97 Å². The van der Waals surface area contributed by atoms with Crippen LogP contribution in [-0.2, 0) is 0 Å². The average molecular weight is 269 g/mol. The maximum atomic E-state index is 12.1. The summed E-state index contributed by atoms with van der Waals surface area (Å²) in [6.07, 6.45) is 2.81. The van der Waals surface area contributed by atoms with E-state index in [0.717, 1.165) is 5.39 Å². The van der Waals surface area contributed by atoms with Gasteiger partial charge in [0.05, 0.1) is 35.4 Å². The summed E-state index contributed by atoms with van der Waals surface area (Å²) in [6.45, 7) is 0. The van der Waals surface area contributed by atoms with E-state index in [-0.39, 0.29) is 5.43 Å². The Hall–Kier alpha value is -2.89. The molecule has 1 aromatic carbocycles. The number of pyridine rings is 2. The normalized spacial score (nSPS) is 11.4. The van der Waals surface area contributed by atoms with Gasteiger partial charge in [0.25, 0.3) is 0 Å². The number of methoxy groups -OCH3 is 1. The smallest absolute Gasteiger partial charge is 0.190 e. The number of nitrogens with one attached hydrogen (secondary N) is 1. The third-order valence-electron chi connectivity index (χ3n) is 3.09. The molecule has 2 heterocycles. The molecule has 3 aromatic rings. The second-order valence-electron chi connectivity index (χ2n) is 4.23. The topological polar surface area (TPSA) is 87.6 Å². The minimum absolute atomic E-state index is 0.195. The monoisotopic (exact) mass is 269 g/mol. The van der Waals surface area contributed by atoms with Crippen LogP contribution in [0.4, 0.5) is 0 Å². The van der Waals surface area contributed by atoms with Crippen LogP contribution in [-0.4, -0.2) is 28.5 Å². The Balaban J connectivity index is 2.53. The van der Waals surface area contributed by atoms with Crippen LogP contribution in [0.3, 0.4) is 0 Å². The average Bonchev–Trinajstić information content (AvgIpc) is 2.47. The van der Waals surface area contributed by atoms with Gasteiger partial charge in [-0.1, -0.05) is 5.16 Å². The van der Waals surface area contributed by atoms with Gasteiger partial charge in [-0.25, -0.2) is 0 Å². The zero-order chi connectivity index (χ0) is 14.1. The molecule has 20 heavy (non-hydrogen) atoms. The van der Waals surface area contributed by atoms with E-state index in [1.165, 1.54) is 12.3 Å². The molecule has 6 heteroatoms. The van der Waals surface area contributed by atoms with Gasteiger partial charge in [-0.05, 0) is 18.2 Å². The first-order chi connectivity index (χ1) is 9.74. The van der Waals surface area contributed by atoms with Gasteiger partial charge in [-0.3, -0.25) is 9.78 Å². The number of benzene rings is 1. The van der Waals surface area contributed by atoms with Crippen molar-refractivity contribution in [3.8, 4) is 5.75 Å². The van der Waals surface area contributed by atoms with Crippen molar-refractivity contribution < 1.29 is 9.94 Å². The van der Waals surface area contributed by atoms with Crippen LogP contribution in [0.2, 0.25) is 0 Å². The van der Waals surface area contributed by atoms with E-state index in [1.54, 1.807) is 25.4 Å². The summed E-state index contributed by atoms with van der Waals surface area (Å²) in [4.78, 5) is 19.5. The molecule has 0 aliphatic carbocycles. The molecule has 3 rings (SSSR count). The van der Waals surface area contributed by atoms with Crippen molar-refractivity contribution in [2.24, 2.45) is 5.16 Å². The van der Waals surface area contributed by atoms with Crippen LogP contribution in [0.5, 0.6) is 5.75 Å². The lowest BCUT2D eigenvalue weighted by molar-refractivity contribution is 0.321. The molecule has 0 aliphatic rings. The quantitative estimate of drug-likeness (QED) is 0.322. The van der Waals surface area contributed by atoms with Gasteiger partial charge < -0.3 is 14.9 Å². The Morgan fingerprint density at radius 2 is 2.25 bits per heavy atom. The fourth-order valence-electron chi connectivity index (χ4n) is 2.23. The molecule has 0 aliphatic heterocycles. The zero-order valence-corrected chi connectivity index (χ0v) is 10.6. The summed E-state index contributed by atoms with van der Waals surface area (Å²) < 4.78 is 5.31. The van der Waals surface area contributed by atoms with Crippen molar-refractivity contribution in [2.45, 2.75) is 0 Å². The molecule has 0 bridgehead atoms. The number of oxime groups is 1. The largest absolute Gasteiger partial charge is 0.496 e. The van der Waals surface area contributed by atoms with Crippen LogP contribution < -0.4 is 10.2 Å². The standard InChI is InChI=1S/C14H11N3O3/c1-20-12-6-10-11(18)5-8(7-16-19)17-14(10)13-9(12)3-2-4-15-13/h2-7,19H,1H3,(H,17,18). The molecule has 2 aromatic heterocycles. The molecule has 100 valence electrons. The van der Waals surface area contributed by atoms with E-state index >= 15 is 0 Å². The SMILES string of the molecule is COc1cc2c(=O)cc(C=NO)[nH]c2c2ncccc12. The molecule has 0 fully saturated rings. The van der Waals surface area contributed by atoms with E-state index in [2.05, 4.69) is 15.1 Å². The maximum Gasteiger partial charge on any atom is 0.190 e. The highest BCUT2D eigenvalue weighted by molar-refractivity contribution is 6.06. The Kier molecular flexibility index (Phi) is 2.83.